The highest BCUT2D eigenvalue weighted by Crippen LogP contribution is 2.12. The fourth-order valence-corrected chi connectivity index (χ4v) is 2.00. The molecule has 1 aromatic carbocycles. The highest BCUT2D eigenvalue weighted by Gasteiger charge is 2.01. The molecule has 0 radical (unpaired) electrons. The Balaban J connectivity index is 2.48. The number of unbranched alkanes of at least 4 members (excludes halogenated alkanes) is 1. The molecule has 0 atom stereocenters. The molecule has 0 unspecified atom stereocenters. The van der Waals surface area contributed by atoms with Gasteiger partial charge in [-0.05, 0) is 43.8 Å². The van der Waals surface area contributed by atoms with E-state index in [-0.39, 0.29) is 0 Å². The summed E-state index contributed by atoms with van der Waals surface area (Å²) in [5.74, 6) is 1.49. The van der Waals surface area contributed by atoms with Gasteiger partial charge in [0.25, 0.3) is 0 Å². The summed E-state index contributed by atoms with van der Waals surface area (Å²) >= 11 is 0. The molecule has 4 heteroatoms. The average molecular weight is 291 g/mol. The van der Waals surface area contributed by atoms with Crippen molar-refractivity contribution >= 4 is 5.84 Å². The smallest absolute Gasteiger partial charge is 0.125 e. The van der Waals surface area contributed by atoms with Crippen molar-refractivity contribution in [3.8, 4) is 5.75 Å². The van der Waals surface area contributed by atoms with E-state index in [4.69, 9.17) is 10.5 Å². The summed E-state index contributed by atoms with van der Waals surface area (Å²) < 4.78 is 5.64. The maximum atomic E-state index is 6.03. The summed E-state index contributed by atoms with van der Waals surface area (Å²) in [5.41, 5.74) is 6.98. The first-order chi connectivity index (χ1) is 10.2. The maximum Gasteiger partial charge on any atom is 0.125 e. The molecule has 0 saturated heterocycles. The third-order valence-corrected chi connectivity index (χ3v) is 3.51. The van der Waals surface area contributed by atoms with Crippen LogP contribution >= 0.6 is 0 Å². The van der Waals surface area contributed by atoms with E-state index in [0.29, 0.717) is 5.84 Å². The van der Waals surface area contributed by atoms with Crippen LogP contribution in [0.1, 0.15) is 39.2 Å². The molecule has 21 heavy (non-hydrogen) atoms. The zero-order chi connectivity index (χ0) is 15.5. The van der Waals surface area contributed by atoms with Crippen molar-refractivity contribution in [3.05, 3.63) is 29.8 Å². The van der Waals surface area contributed by atoms with Gasteiger partial charge in [0.05, 0.1) is 13.2 Å². The van der Waals surface area contributed by atoms with Crippen molar-refractivity contribution in [2.45, 2.75) is 33.6 Å². The van der Waals surface area contributed by atoms with Crippen LogP contribution in [-0.4, -0.2) is 43.5 Å². The predicted octanol–water partition coefficient (Wildman–Crippen LogP) is 2.91. The number of aliphatic imine (C=N–C) groups is 1. The Morgan fingerprint density at radius 2 is 1.81 bits per heavy atom. The number of benzene rings is 1. The SMILES string of the molecule is CCCCOc1ccc(C(N)=NCCN(CC)CC)cc1. The number of ether oxygens (including phenoxy) is 1. The molecule has 1 rings (SSSR count). The number of nitrogens with two attached hydrogens (primary N) is 1. The first-order valence-electron chi connectivity index (χ1n) is 7.96. The van der Waals surface area contributed by atoms with Crippen LogP contribution in [0, 0.1) is 0 Å². The van der Waals surface area contributed by atoms with E-state index in [1.807, 2.05) is 24.3 Å². The second-order valence-electron chi connectivity index (χ2n) is 5.02. The van der Waals surface area contributed by atoms with Gasteiger partial charge in [-0.1, -0.05) is 27.2 Å². The van der Waals surface area contributed by atoms with Gasteiger partial charge >= 0.3 is 0 Å². The molecule has 0 aliphatic carbocycles. The molecule has 2 N–H and O–H groups in total. The predicted molar refractivity (Wildman–Crippen MR) is 90.2 cm³/mol. The number of hydrogen-bond acceptors (Lipinski definition) is 3. The van der Waals surface area contributed by atoms with Crippen LogP contribution in [0.4, 0.5) is 0 Å². The molecule has 4 nitrogen and oxygen atoms in total. The highest BCUT2D eigenvalue weighted by molar-refractivity contribution is 5.97. The normalized spacial score (nSPS) is 11.9. The number of hydrogen-bond donors (Lipinski definition) is 1. The van der Waals surface area contributed by atoms with E-state index >= 15 is 0 Å². The summed E-state index contributed by atoms with van der Waals surface area (Å²) in [6.45, 7) is 11.0. The molecular weight excluding hydrogens is 262 g/mol. The minimum atomic E-state index is 0.599. The quantitative estimate of drug-likeness (QED) is 0.410. The molecular formula is C17H29N3O. The summed E-state index contributed by atoms with van der Waals surface area (Å²) in [6, 6.07) is 7.85. The van der Waals surface area contributed by atoms with Crippen molar-refractivity contribution in [3.63, 3.8) is 0 Å². The first kappa shape index (κ1) is 17.5. The first-order valence-corrected chi connectivity index (χ1v) is 7.96. The summed E-state index contributed by atoms with van der Waals surface area (Å²) in [4.78, 5) is 6.78. The van der Waals surface area contributed by atoms with Crippen molar-refractivity contribution in [2.24, 2.45) is 10.7 Å². The monoisotopic (exact) mass is 291 g/mol. The molecule has 0 heterocycles. The minimum absolute atomic E-state index is 0.599. The van der Waals surface area contributed by atoms with Crippen molar-refractivity contribution in [1.82, 2.24) is 4.90 Å². The van der Waals surface area contributed by atoms with Gasteiger partial charge in [0.15, 0.2) is 0 Å². The molecule has 0 aliphatic rings. The van der Waals surface area contributed by atoms with E-state index in [1.54, 1.807) is 0 Å². The number of likely N-dealkylation sites (N-methyl/N-ethyl adjacent to an activating group) is 1. The summed E-state index contributed by atoms with van der Waals surface area (Å²) in [5, 5.41) is 0. The lowest BCUT2D eigenvalue weighted by molar-refractivity contribution is 0.309. The summed E-state index contributed by atoms with van der Waals surface area (Å²) in [7, 11) is 0. The van der Waals surface area contributed by atoms with Crippen LogP contribution in [0.25, 0.3) is 0 Å². The average Bonchev–Trinajstić information content (AvgIpc) is 2.52. The van der Waals surface area contributed by atoms with Crippen LogP contribution in [-0.2, 0) is 0 Å². The second kappa shape index (κ2) is 10.2. The summed E-state index contributed by atoms with van der Waals surface area (Å²) in [6.07, 6.45) is 2.22. The van der Waals surface area contributed by atoms with Crippen LogP contribution in [0.3, 0.4) is 0 Å². The van der Waals surface area contributed by atoms with Crippen LogP contribution in [0.2, 0.25) is 0 Å². The van der Waals surface area contributed by atoms with Gasteiger partial charge in [-0.2, -0.15) is 0 Å². The van der Waals surface area contributed by atoms with E-state index in [2.05, 4.69) is 30.7 Å². The van der Waals surface area contributed by atoms with E-state index in [1.165, 1.54) is 0 Å². The molecule has 0 aromatic heterocycles. The third-order valence-electron chi connectivity index (χ3n) is 3.51. The van der Waals surface area contributed by atoms with Crippen LogP contribution in [0.5, 0.6) is 5.75 Å². The van der Waals surface area contributed by atoms with Crippen LogP contribution < -0.4 is 10.5 Å². The Hall–Kier alpha value is -1.55. The maximum absolute atomic E-state index is 6.03. The minimum Gasteiger partial charge on any atom is -0.494 e. The van der Waals surface area contributed by atoms with Gasteiger partial charge in [0, 0.05) is 12.1 Å². The zero-order valence-electron chi connectivity index (χ0n) is 13.6. The Labute approximate surface area is 129 Å². The van der Waals surface area contributed by atoms with E-state index < -0.39 is 0 Å². The standard InChI is InChI=1S/C17H29N3O/c1-4-7-14-21-16-10-8-15(9-11-16)17(18)19-12-13-20(5-2)6-3/h8-11H,4-7,12-14H2,1-3H3,(H2,18,19). The fourth-order valence-electron chi connectivity index (χ4n) is 2.00. The molecule has 0 aliphatic heterocycles. The van der Waals surface area contributed by atoms with Gasteiger partial charge in [-0.25, -0.2) is 0 Å². The van der Waals surface area contributed by atoms with Gasteiger partial charge < -0.3 is 15.4 Å². The molecule has 0 bridgehead atoms. The van der Waals surface area contributed by atoms with Crippen LogP contribution in [0.15, 0.2) is 29.3 Å². The number of amidine groups is 1. The topological polar surface area (TPSA) is 50.9 Å². The Kier molecular flexibility index (Phi) is 8.51. The molecule has 118 valence electrons. The molecule has 0 amide bonds. The Bertz CT molecular complexity index is 411. The van der Waals surface area contributed by atoms with Crippen molar-refractivity contribution in [1.29, 1.82) is 0 Å². The van der Waals surface area contributed by atoms with Gasteiger partial charge in [-0.3, -0.25) is 4.99 Å². The highest BCUT2D eigenvalue weighted by atomic mass is 16.5. The lowest BCUT2D eigenvalue weighted by atomic mass is 10.2. The van der Waals surface area contributed by atoms with Gasteiger partial charge in [0.2, 0.25) is 0 Å². The van der Waals surface area contributed by atoms with E-state index in [0.717, 1.165) is 56.9 Å². The van der Waals surface area contributed by atoms with Crippen molar-refractivity contribution < 1.29 is 4.74 Å². The van der Waals surface area contributed by atoms with Crippen molar-refractivity contribution in [2.75, 3.05) is 32.8 Å². The lowest BCUT2D eigenvalue weighted by Gasteiger charge is -2.16. The molecule has 0 saturated carbocycles. The number of rotatable bonds is 10. The molecule has 1 aromatic rings. The molecule has 0 fully saturated rings. The fraction of sp³-hybridized carbons (Fsp3) is 0.588. The number of nitrogens with zero attached hydrogens (tertiary/aromatic N) is 2. The van der Waals surface area contributed by atoms with E-state index in [9.17, 15) is 0 Å². The van der Waals surface area contributed by atoms with Gasteiger partial charge in [-0.15, -0.1) is 0 Å². The second-order valence-corrected chi connectivity index (χ2v) is 5.02. The third kappa shape index (κ3) is 6.63. The Morgan fingerprint density at radius 1 is 1.14 bits per heavy atom. The largest absolute Gasteiger partial charge is 0.494 e. The Morgan fingerprint density at radius 3 is 2.38 bits per heavy atom. The molecule has 0 spiro atoms. The lowest BCUT2D eigenvalue weighted by Crippen LogP contribution is -2.26. The van der Waals surface area contributed by atoms with Gasteiger partial charge in [0.1, 0.15) is 11.6 Å². The zero-order valence-corrected chi connectivity index (χ0v) is 13.6.